The molecule has 0 radical (unpaired) electrons. The first-order valence-corrected chi connectivity index (χ1v) is 10.1. The van der Waals surface area contributed by atoms with Crippen LogP contribution in [0.15, 0.2) is 54.6 Å². The summed E-state index contributed by atoms with van der Waals surface area (Å²) in [4.78, 5) is 24.2. The molecule has 186 valence electrons. The lowest BCUT2D eigenvalue weighted by atomic mass is 10.0. The highest BCUT2D eigenvalue weighted by molar-refractivity contribution is 6.05. The standard InChI is InChI=1S/C24H19F6NO4/c1-22(2,21(33)34)31-20(32)16-9-8-14-5-3-4-6-15(14)19(16)35-12-13-7-10-17(23(25,26)27)18(11-13)24(28,29)30/h3-11H,12H2,1-2H3,(H,31,32)(H,33,34). The second kappa shape index (κ2) is 9.12. The molecule has 0 fully saturated rings. The normalized spacial score (nSPS) is 12.5. The second-order valence-electron chi connectivity index (χ2n) is 8.21. The molecule has 0 saturated heterocycles. The van der Waals surface area contributed by atoms with Gasteiger partial charge in [-0.2, -0.15) is 26.3 Å². The SMILES string of the molecule is CC(C)(NC(=O)c1ccc2ccccc2c1OCc1ccc(C(F)(F)F)c(C(F)(F)F)c1)C(=O)O. The van der Waals surface area contributed by atoms with E-state index < -0.39 is 47.5 Å². The average molecular weight is 499 g/mol. The number of ether oxygens (including phenoxy) is 1. The van der Waals surface area contributed by atoms with Crippen LogP contribution in [0.3, 0.4) is 0 Å². The van der Waals surface area contributed by atoms with Gasteiger partial charge in [0.1, 0.15) is 17.9 Å². The molecule has 0 atom stereocenters. The monoisotopic (exact) mass is 499 g/mol. The Balaban J connectivity index is 2.02. The number of amides is 1. The molecule has 3 aromatic rings. The van der Waals surface area contributed by atoms with Crippen LogP contribution < -0.4 is 10.1 Å². The van der Waals surface area contributed by atoms with E-state index in [2.05, 4.69) is 5.32 Å². The number of fused-ring (bicyclic) bond motifs is 1. The fraction of sp³-hybridized carbons (Fsp3) is 0.250. The number of carboxylic acids is 1. The van der Waals surface area contributed by atoms with Crippen LogP contribution >= 0.6 is 0 Å². The summed E-state index contributed by atoms with van der Waals surface area (Å²) < 4.78 is 84.7. The van der Waals surface area contributed by atoms with E-state index in [4.69, 9.17) is 4.74 Å². The fourth-order valence-corrected chi connectivity index (χ4v) is 3.30. The molecule has 0 spiro atoms. The molecule has 0 aromatic heterocycles. The van der Waals surface area contributed by atoms with E-state index in [0.717, 1.165) is 6.07 Å². The lowest BCUT2D eigenvalue weighted by Crippen LogP contribution is -2.49. The van der Waals surface area contributed by atoms with E-state index in [1.165, 1.54) is 19.9 Å². The third-order valence-electron chi connectivity index (χ3n) is 5.16. The first-order valence-electron chi connectivity index (χ1n) is 10.1. The molecule has 0 aliphatic carbocycles. The quantitative estimate of drug-likeness (QED) is 0.405. The zero-order chi connectivity index (χ0) is 26.2. The minimum atomic E-state index is -5.26. The predicted octanol–water partition coefficient (Wildman–Crippen LogP) is 6.05. The van der Waals surface area contributed by atoms with E-state index in [0.29, 0.717) is 22.9 Å². The molecule has 3 rings (SSSR count). The van der Waals surface area contributed by atoms with Crippen LogP contribution in [0.1, 0.15) is 40.9 Å². The summed E-state index contributed by atoms with van der Waals surface area (Å²) in [5.74, 6) is -2.18. The number of aliphatic carboxylic acids is 1. The van der Waals surface area contributed by atoms with Gasteiger partial charge >= 0.3 is 18.3 Å². The van der Waals surface area contributed by atoms with E-state index in [-0.39, 0.29) is 16.9 Å². The average Bonchev–Trinajstić information content (AvgIpc) is 2.75. The molecule has 0 aliphatic rings. The van der Waals surface area contributed by atoms with Crippen molar-refractivity contribution in [3.05, 3.63) is 76.9 Å². The number of carbonyl (C=O) groups is 2. The van der Waals surface area contributed by atoms with Gasteiger partial charge in [0.25, 0.3) is 5.91 Å². The van der Waals surface area contributed by atoms with Crippen molar-refractivity contribution in [1.29, 1.82) is 0 Å². The van der Waals surface area contributed by atoms with E-state index >= 15 is 0 Å². The number of carbonyl (C=O) groups excluding carboxylic acids is 1. The summed E-state index contributed by atoms with van der Waals surface area (Å²) in [7, 11) is 0. The van der Waals surface area contributed by atoms with E-state index in [1.54, 1.807) is 30.3 Å². The minimum absolute atomic E-state index is 0.0600. The molecule has 1 amide bonds. The minimum Gasteiger partial charge on any atom is -0.487 e. The highest BCUT2D eigenvalue weighted by Crippen LogP contribution is 2.41. The second-order valence-corrected chi connectivity index (χ2v) is 8.21. The molecule has 0 aliphatic heterocycles. The van der Waals surface area contributed by atoms with Gasteiger partial charge in [0.05, 0.1) is 16.7 Å². The third kappa shape index (κ3) is 5.67. The predicted molar refractivity (Wildman–Crippen MR) is 114 cm³/mol. The molecule has 2 N–H and O–H groups in total. The van der Waals surface area contributed by atoms with E-state index in [9.17, 15) is 41.0 Å². The molecule has 0 unspecified atom stereocenters. The molecule has 0 heterocycles. The van der Waals surface area contributed by atoms with Crippen molar-refractivity contribution in [1.82, 2.24) is 5.32 Å². The van der Waals surface area contributed by atoms with Crippen LogP contribution in [0.5, 0.6) is 5.75 Å². The molecular weight excluding hydrogens is 480 g/mol. The van der Waals surface area contributed by atoms with Crippen molar-refractivity contribution in [2.45, 2.75) is 38.3 Å². The van der Waals surface area contributed by atoms with Gasteiger partial charge in [-0.1, -0.05) is 36.4 Å². The first kappa shape index (κ1) is 25.9. The van der Waals surface area contributed by atoms with Crippen molar-refractivity contribution in [2.75, 3.05) is 0 Å². The molecule has 5 nitrogen and oxygen atoms in total. The lowest BCUT2D eigenvalue weighted by Gasteiger charge is -2.22. The van der Waals surface area contributed by atoms with Gasteiger partial charge in [-0.15, -0.1) is 0 Å². The van der Waals surface area contributed by atoms with Gasteiger partial charge < -0.3 is 15.2 Å². The summed E-state index contributed by atoms with van der Waals surface area (Å²) in [5.41, 5.74) is -5.63. The van der Waals surface area contributed by atoms with Crippen LogP contribution in [0.4, 0.5) is 26.3 Å². The van der Waals surface area contributed by atoms with Crippen molar-refractivity contribution in [3.8, 4) is 5.75 Å². The number of halogens is 6. The highest BCUT2D eigenvalue weighted by atomic mass is 19.4. The molecule has 0 bridgehead atoms. The number of hydrogen-bond donors (Lipinski definition) is 2. The van der Waals surface area contributed by atoms with Crippen LogP contribution in [0.2, 0.25) is 0 Å². The highest BCUT2D eigenvalue weighted by Gasteiger charge is 2.43. The van der Waals surface area contributed by atoms with Gasteiger partial charge in [0, 0.05) is 5.39 Å². The number of hydrogen-bond acceptors (Lipinski definition) is 3. The smallest absolute Gasteiger partial charge is 0.417 e. The number of carboxylic acid groups (broad SMARTS) is 1. The zero-order valence-corrected chi connectivity index (χ0v) is 18.3. The third-order valence-corrected chi connectivity index (χ3v) is 5.16. The lowest BCUT2D eigenvalue weighted by molar-refractivity contribution is -0.162. The summed E-state index contributed by atoms with van der Waals surface area (Å²) in [6.07, 6.45) is -10.5. The van der Waals surface area contributed by atoms with E-state index in [1.807, 2.05) is 0 Å². The zero-order valence-electron chi connectivity index (χ0n) is 18.3. The summed E-state index contributed by atoms with van der Waals surface area (Å²) in [6.45, 7) is 1.93. The van der Waals surface area contributed by atoms with Crippen LogP contribution in [0, 0.1) is 0 Å². The Hall–Kier alpha value is -3.76. The Morgan fingerprint density at radius 2 is 1.51 bits per heavy atom. The maximum atomic E-state index is 13.3. The number of nitrogens with one attached hydrogen (secondary N) is 1. The summed E-state index contributed by atoms with van der Waals surface area (Å²) >= 11 is 0. The molecule has 35 heavy (non-hydrogen) atoms. The Morgan fingerprint density at radius 3 is 2.11 bits per heavy atom. The topological polar surface area (TPSA) is 75.6 Å². The maximum Gasteiger partial charge on any atom is 0.417 e. The van der Waals surface area contributed by atoms with Gasteiger partial charge in [-0.3, -0.25) is 4.79 Å². The molecule has 0 saturated carbocycles. The Morgan fingerprint density at radius 1 is 0.886 bits per heavy atom. The van der Waals surface area contributed by atoms with Gasteiger partial charge in [0.2, 0.25) is 0 Å². The van der Waals surface area contributed by atoms with Crippen LogP contribution in [-0.2, 0) is 23.8 Å². The van der Waals surface area contributed by atoms with Gasteiger partial charge in [-0.25, -0.2) is 4.79 Å². The summed E-state index contributed by atoms with van der Waals surface area (Å²) in [6, 6.07) is 11.1. The molecule has 11 heteroatoms. The Labute approximate surface area is 195 Å². The number of rotatable bonds is 6. The van der Waals surface area contributed by atoms with Crippen molar-refractivity contribution in [2.24, 2.45) is 0 Å². The van der Waals surface area contributed by atoms with Crippen molar-refractivity contribution < 1.29 is 45.8 Å². The number of alkyl halides is 6. The van der Waals surface area contributed by atoms with Crippen molar-refractivity contribution in [3.63, 3.8) is 0 Å². The Bertz CT molecular complexity index is 1280. The molecular formula is C24H19F6NO4. The first-order chi connectivity index (χ1) is 16.1. The van der Waals surface area contributed by atoms with Gasteiger partial charge in [-0.05, 0) is 43.0 Å². The fourth-order valence-electron chi connectivity index (χ4n) is 3.30. The van der Waals surface area contributed by atoms with Gasteiger partial charge in [0.15, 0.2) is 0 Å². The van der Waals surface area contributed by atoms with Crippen LogP contribution in [-0.4, -0.2) is 22.5 Å². The summed E-state index contributed by atoms with van der Waals surface area (Å²) in [5, 5.41) is 12.6. The van der Waals surface area contributed by atoms with Crippen molar-refractivity contribution >= 4 is 22.6 Å². The maximum absolute atomic E-state index is 13.3. The largest absolute Gasteiger partial charge is 0.487 e. The number of benzene rings is 3. The molecule has 3 aromatic carbocycles. The Kier molecular flexibility index (Phi) is 6.74. The van der Waals surface area contributed by atoms with Crippen LogP contribution in [0.25, 0.3) is 10.8 Å².